The molecule has 33 heavy (non-hydrogen) atoms. The van der Waals surface area contributed by atoms with Crippen LogP contribution >= 0.6 is 22.7 Å². The summed E-state index contributed by atoms with van der Waals surface area (Å²) in [5, 5.41) is 16.0. The maximum atomic E-state index is 13.2. The molecule has 5 rings (SSSR count). The standard InChI is InChI=1S/C23H27N5O3S2/c1-13-21(33-14(2)25-13)19-12-32-23(26-19)27-20-6-3-15(11-24-20)22(30)28-16-4-5-17(28)10-18(9-16)31-8-7-29/h3,6,11-12,16-18,29H,4-5,7-10H2,1-2H3,(H,24,26,27). The van der Waals surface area contributed by atoms with E-state index < -0.39 is 0 Å². The number of anilines is 2. The monoisotopic (exact) mass is 485 g/mol. The lowest BCUT2D eigenvalue weighted by atomic mass is 9.98. The number of aromatic nitrogens is 3. The van der Waals surface area contributed by atoms with E-state index in [0.29, 0.717) is 18.0 Å². The van der Waals surface area contributed by atoms with Crippen molar-refractivity contribution >= 4 is 39.5 Å². The van der Waals surface area contributed by atoms with Gasteiger partial charge in [-0.2, -0.15) is 0 Å². The van der Waals surface area contributed by atoms with E-state index in [4.69, 9.17) is 9.84 Å². The fraction of sp³-hybridized carbons (Fsp3) is 0.478. The molecule has 0 radical (unpaired) electrons. The van der Waals surface area contributed by atoms with Crippen LogP contribution in [0.1, 0.15) is 46.7 Å². The molecule has 5 heterocycles. The second-order valence-electron chi connectivity index (χ2n) is 8.53. The van der Waals surface area contributed by atoms with Crippen LogP contribution in [0.2, 0.25) is 0 Å². The molecule has 2 fully saturated rings. The minimum atomic E-state index is 0.0351. The van der Waals surface area contributed by atoms with E-state index in [1.165, 1.54) is 11.3 Å². The second-order valence-corrected chi connectivity index (χ2v) is 10.6. The molecular weight excluding hydrogens is 458 g/mol. The van der Waals surface area contributed by atoms with E-state index in [1.54, 1.807) is 17.5 Å². The van der Waals surface area contributed by atoms with Crippen LogP contribution in [0.25, 0.3) is 10.6 Å². The first-order chi connectivity index (χ1) is 16.0. The Labute approximate surface area is 200 Å². The first-order valence-electron chi connectivity index (χ1n) is 11.2. The summed E-state index contributed by atoms with van der Waals surface area (Å²) < 4.78 is 5.74. The normalized spacial score (nSPS) is 22.0. The third kappa shape index (κ3) is 4.65. The number of fused-ring (bicyclic) bond motifs is 2. The average Bonchev–Trinajstić information content (AvgIpc) is 3.47. The number of hydrogen-bond donors (Lipinski definition) is 2. The summed E-state index contributed by atoms with van der Waals surface area (Å²) >= 11 is 3.16. The first-order valence-corrected chi connectivity index (χ1v) is 12.9. The summed E-state index contributed by atoms with van der Waals surface area (Å²) in [6, 6.07) is 4.06. The molecule has 0 spiro atoms. The van der Waals surface area contributed by atoms with Crippen molar-refractivity contribution in [3.8, 4) is 10.6 Å². The van der Waals surface area contributed by atoms with Crippen LogP contribution < -0.4 is 5.32 Å². The zero-order chi connectivity index (χ0) is 22.9. The van der Waals surface area contributed by atoms with Crippen LogP contribution in [0.5, 0.6) is 0 Å². The number of nitrogens with one attached hydrogen (secondary N) is 1. The highest BCUT2D eigenvalue weighted by atomic mass is 32.1. The Morgan fingerprint density at radius 3 is 2.67 bits per heavy atom. The molecule has 2 unspecified atom stereocenters. The van der Waals surface area contributed by atoms with Crippen LogP contribution in [0, 0.1) is 13.8 Å². The van der Waals surface area contributed by atoms with Crippen molar-refractivity contribution in [3.63, 3.8) is 0 Å². The lowest BCUT2D eigenvalue weighted by molar-refractivity contribution is -0.0252. The second kappa shape index (κ2) is 9.46. The molecule has 174 valence electrons. The van der Waals surface area contributed by atoms with Crippen molar-refractivity contribution in [2.45, 2.75) is 57.7 Å². The summed E-state index contributed by atoms with van der Waals surface area (Å²) in [5.74, 6) is 0.693. The first kappa shape index (κ1) is 22.4. The molecule has 1 amide bonds. The van der Waals surface area contributed by atoms with Crippen LogP contribution in [-0.2, 0) is 4.74 Å². The molecule has 3 aromatic heterocycles. The topological polar surface area (TPSA) is 100 Å². The van der Waals surface area contributed by atoms with Gasteiger partial charge in [0.05, 0.1) is 46.2 Å². The molecule has 2 saturated heterocycles. The number of amides is 1. The number of piperidine rings is 1. The summed E-state index contributed by atoms with van der Waals surface area (Å²) in [6.07, 6.45) is 5.45. The number of aryl methyl sites for hydroxylation is 2. The summed E-state index contributed by atoms with van der Waals surface area (Å²) in [6.45, 7) is 4.39. The fourth-order valence-electron chi connectivity index (χ4n) is 4.87. The number of thiazole rings is 2. The summed E-state index contributed by atoms with van der Waals surface area (Å²) in [7, 11) is 0. The zero-order valence-corrected chi connectivity index (χ0v) is 20.3. The highest BCUT2D eigenvalue weighted by Gasteiger charge is 2.43. The van der Waals surface area contributed by atoms with Gasteiger partial charge < -0.3 is 20.1 Å². The Kier molecular flexibility index (Phi) is 6.42. The molecule has 8 nitrogen and oxygen atoms in total. The fourth-order valence-corrected chi connectivity index (χ4v) is 6.53. The number of nitrogens with zero attached hydrogens (tertiary/aromatic N) is 4. The van der Waals surface area contributed by atoms with E-state index in [1.807, 2.05) is 36.3 Å². The molecule has 2 N–H and O–H groups in total. The molecule has 0 saturated carbocycles. The minimum Gasteiger partial charge on any atom is -0.394 e. The van der Waals surface area contributed by atoms with Gasteiger partial charge in [0.25, 0.3) is 5.91 Å². The highest BCUT2D eigenvalue weighted by Crippen LogP contribution is 2.38. The van der Waals surface area contributed by atoms with Gasteiger partial charge in [-0.15, -0.1) is 22.7 Å². The predicted molar refractivity (Wildman–Crippen MR) is 129 cm³/mol. The molecule has 2 aliphatic heterocycles. The van der Waals surface area contributed by atoms with Gasteiger partial charge in [0.1, 0.15) is 5.82 Å². The lowest BCUT2D eigenvalue weighted by Gasteiger charge is -2.38. The van der Waals surface area contributed by atoms with Crippen LogP contribution in [0.4, 0.5) is 10.9 Å². The Hall–Kier alpha value is -2.40. The SMILES string of the molecule is Cc1nc(C)c(-c2csc(Nc3ccc(C(=O)N4C5CCC4CC(OCCO)C5)cn3)n2)s1. The Bertz CT molecular complexity index is 1120. The zero-order valence-electron chi connectivity index (χ0n) is 18.7. The predicted octanol–water partition coefficient (Wildman–Crippen LogP) is 4.17. The van der Waals surface area contributed by atoms with Crippen molar-refractivity contribution < 1.29 is 14.6 Å². The number of carbonyl (C=O) groups excluding carboxylic acids is 1. The number of rotatable bonds is 7. The van der Waals surface area contributed by atoms with E-state index in [-0.39, 0.29) is 30.7 Å². The van der Waals surface area contributed by atoms with Crippen molar-refractivity contribution in [3.05, 3.63) is 40.0 Å². The summed E-state index contributed by atoms with van der Waals surface area (Å²) in [4.78, 5) is 29.9. The Morgan fingerprint density at radius 1 is 1.24 bits per heavy atom. The van der Waals surface area contributed by atoms with Gasteiger partial charge in [-0.3, -0.25) is 4.79 Å². The third-order valence-electron chi connectivity index (χ3n) is 6.25. The number of aliphatic hydroxyl groups excluding tert-OH is 1. The van der Waals surface area contributed by atoms with Crippen molar-refractivity contribution in [1.82, 2.24) is 19.9 Å². The minimum absolute atomic E-state index is 0.0351. The number of hydrogen-bond acceptors (Lipinski definition) is 9. The quantitative estimate of drug-likeness (QED) is 0.518. The van der Waals surface area contributed by atoms with Crippen molar-refractivity contribution in [2.24, 2.45) is 0 Å². The summed E-state index contributed by atoms with van der Waals surface area (Å²) in [5.41, 5.74) is 2.51. The molecule has 2 atom stereocenters. The molecule has 10 heteroatoms. The number of carbonyl (C=O) groups is 1. The average molecular weight is 486 g/mol. The van der Waals surface area contributed by atoms with Crippen molar-refractivity contribution in [2.75, 3.05) is 18.5 Å². The molecule has 3 aromatic rings. The Balaban J connectivity index is 1.23. The number of ether oxygens (including phenoxy) is 1. The van der Waals surface area contributed by atoms with E-state index >= 15 is 0 Å². The molecule has 0 aromatic carbocycles. The Morgan fingerprint density at radius 2 is 2.03 bits per heavy atom. The van der Waals surface area contributed by atoms with E-state index in [9.17, 15) is 4.79 Å². The molecule has 2 aliphatic rings. The van der Waals surface area contributed by atoms with Gasteiger partial charge >= 0.3 is 0 Å². The molecule has 2 bridgehead atoms. The maximum absolute atomic E-state index is 13.2. The largest absolute Gasteiger partial charge is 0.394 e. The van der Waals surface area contributed by atoms with Crippen molar-refractivity contribution in [1.29, 1.82) is 0 Å². The van der Waals surface area contributed by atoms with Crippen LogP contribution in [-0.4, -0.2) is 62.3 Å². The molecule has 0 aliphatic carbocycles. The van der Waals surface area contributed by atoms with Gasteiger partial charge in [-0.05, 0) is 51.7 Å². The maximum Gasteiger partial charge on any atom is 0.255 e. The van der Waals surface area contributed by atoms with Crippen LogP contribution in [0.15, 0.2) is 23.7 Å². The third-order valence-corrected chi connectivity index (χ3v) is 8.11. The highest BCUT2D eigenvalue weighted by molar-refractivity contribution is 7.16. The number of pyridine rings is 1. The van der Waals surface area contributed by atoms with Gasteiger partial charge in [0, 0.05) is 23.7 Å². The van der Waals surface area contributed by atoms with E-state index in [0.717, 1.165) is 52.1 Å². The van der Waals surface area contributed by atoms with Gasteiger partial charge in [0.2, 0.25) is 0 Å². The van der Waals surface area contributed by atoms with Gasteiger partial charge in [0.15, 0.2) is 5.13 Å². The van der Waals surface area contributed by atoms with Gasteiger partial charge in [-0.1, -0.05) is 0 Å². The van der Waals surface area contributed by atoms with Gasteiger partial charge in [-0.25, -0.2) is 15.0 Å². The van der Waals surface area contributed by atoms with E-state index in [2.05, 4.69) is 20.3 Å². The number of aliphatic hydroxyl groups is 1. The molecular formula is C23H27N5O3S2. The lowest BCUT2D eigenvalue weighted by Crippen LogP contribution is -2.48. The van der Waals surface area contributed by atoms with Crippen LogP contribution in [0.3, 0.4) is 0 Å². The smallest absolute Gasteiger partial charge is 0.255 e.